The van der Waals surface area contributed by atoms with Crippen molar-refractivity contribution in [2.24, 2.45) is 5.73 Å². The predicted molar refractivity (Wildman–Crippen MR) is 78.0 cm³/mol. The Bertz CT molecular complexity index is 534. The van der Waals surface area contributed by atoms with Crippen molar-refractivity contribution < 1.29 is 4.42 Å². The molecule has 1 aromatic heterocycles. The summed E-state index contributed by atoms with van der Waals surface area (Å²) in [6, 6.07) is 10.1. The molecule has 0 spiro atoms. The molecule has 3 rings (SSSR count). The quantitative estimate of drug-likeness (QED) is 0.918. The molecule has 1 aromatic carbocycles. The maximum absolute atomic E-state index is 6.48. The third-order valence-electron chi connectivity index (χ3n) is 4.43. The number of nitrogens with zero attached hydrogens (tertiary/aromatic N) is 1. The van der Waals surface area contributed by atoms with Crippen LogP contribution < -0.4 is 5.73 Å². The van der Waals surface area contributed by atoms with Gasteiger partial charge in [0.15, 0.2) is 0 Å². The van der Waals surface area contributed by atoms with Crippen molar-refractivity contribution in [1.29, 1.82) is 0 Å². The molecule has 1 fully saturated rings. The summed E-state index contributed by atoms with van der Waals surface area (Å²) in [6.07, 6.45) is 2.55. The summed E-state index contributed by atoms with van der Waals surface area (Å²) in [5.41, 5.74) is 7.34. The van der Waals surface area contributed by atoms with Gasteiger partial charge in [-0.25, -0.2) is 0 Å². The van der Waals surface area contributed by atoms with E-state index in [1.54, 1.807) is 0 Å². The van der Waals surface area contributed by atoms with E-state index in [2.05, 4.69) is 30.9 Å². The van der Waals surface area contributed by atoms with Crippen LogP contribution in [0.25, 0.3) is 11.0 Å². The van der Waals surface area contributed by atoms with Gasteiger partial charge in [0.1, 0.15) is 11.3 Å². The second-order valence-electron chi connectivity index (χ2n) is 6.01. The molecule has 0 bridgehead atoms. The molecule has 2 heterocycles. The SMILES string of the molecule is CC(C)(C(N)c1cc2ccccc2o1)N1CCCC1. The van der Waals surface area contributed by atoms with Crippen LogP contribution in [0.3, 0.4) is 0 Å². The van der Waals surface area contributed by atoms with Gasteiger partial charge in [-0.2, -0.15) is 0 Å². The summed E-state index contributed by atoms with van der Waals surface area (Å²) in [4.78, 5) is 2.48. The minimum Gasteiger partial charge on any atom is -0.459 e. The Morgan fingerprint density at radius 2 is 1.89 bits per heavy atom. The molecule has 1 aliphatic rings. The lowest BCUT2D eigenvalue weighted by Crippen LogP contribution is -2.49. The molecule has 1 saturated heterocycles. The molecule has 3 nitrogen and oxygen atoms in total. The van der Waals surface area contributed by atoms with E-state index in [4.69, 9.17) is 10.2 Å². The highest BCUT2D eigenvalue weighted by Gasteiger charge is 2.37. The molecule has 0 radical (unpaired) electrons. The Balaban J connectivity index is 1.91. The zero-order valence-electron chi connectivity index (χ0n) is 11.7. The number of furan rings is 1. The van der Waals surface area contributed by atoms with Gasteiger partial charge in [-0.05, 0) is 51.9 Å². The zero-order valence-corrected chi connectivity index (χ0v) is 11.7. The van der Waals surface area contributed by atoms with Crippen LogP contribution in [0, 0.1) is 0 Å². The normalized spacial score (nSPS) is 19.1. The van der Waals surface area contributed by atoms with Crippen molar-refractivity contribution >= 4 is 11.0 Å². The number of hydrogen-bond acceptors (Lipinski definition) is 3. The number of benzene rings is 1. The van der Waals surface area contributed by atoms with E-state index >= 15 is 0 Å². The molecule has 19 heavy (non-hydrogen) atoms. The minimum absolute atomic E-state index is 0.0651. The van der Waals surface area contributed by atoms with Gasteiger partial charge in [0.05, 0.1) is 6.04 Å². The Morgan fingerprint density at radius 1 is 1.21 bits per heavy atom. The van der Waals surface area contributed by atoms with Crippen molar-refractivity contribution in [1.82, 2.24) is 4.90 Å². The summed E-state index contributed by atoms with van der Waals surface area (Å²) in [5.74, 6) is 0.887. The molecule has 0 amide bonds. The summed E-state index contributed by atoms with van der Waals surface area (Å²) >= 11 is 0. The molecule has 3 heteroatoms. The highest BCUT2D eigenvalue weighted by molar-refractivity contribution is 5.77. The monoisotopic (exact) mass is 258 g/mol. The maximum atomic E-state index is 6.48. The molecule has 1 aliphatic heterocycles. The molecule has 2 aromatic rings. The fourth-order valence-corrected chi connectivity index (χ4v) is 2.99. The van der Waals surface area contributed by atoms with Gasteiger partial charge in [0.2, 0.25) is 0 Å². The molecule has 2 N–H and O–H groups in total. The molecule has 0 aliphatic carbocycles. The van der Waals surface area contributed by atoms with Crippen LogP contribution in [0.4, 0.5) is 0 Å². The summed E-state index contributed by atoms with van der Waals surface area (Å²) in [6.45, 7) is 6.72. The van der Waals surface area contributed by atoms with Crippen molar-refractivity contribution in [3.63, 3.8) is 0 Å². The lowest BCUT2D eigenvalue weighted by molar-refractivity contribution is 0.115. The molecule has 1 atom stereocenters. The number of fused-ring (bicyclic) bond motifs is 1. The Hall–Kier alpha value is -1.32. The molecular weight excluding hydrogens is 236 g/mol. The van der Waals surface area contributed by atoms with Crippen LogP contribution in [0.2, 0.25) is 0 Å². The van der Waals surface area contributed by atoms with Gasteiger partial charge in [-0.1, -0.05) is 18.2 Å². The smallest absolute Gasteiger partial charge is 0.134 e. The summed E-state index contributed by atoms with van der Waals surface area (Å²) in [5, 5.41) is 1.13. The average molecular weight is 258 g/mol. The van der Waals surface area contributed by atoms with Gasteiger partial charge in [0, 0.05) is 10.9 Å². The fraction of sp³-hybridized carbons (Fsp3) is 0.500. The first kappa shape index (κ1) is 12.7. The molecular formula is C16H22N2O. The first-order valence-electron chi connectivity index (χ1n) is 7.08. The number of likely N-dealkylation sites (tertiary alicyclic amines) is 1. The van der Waals surface area contributed by atoms with E-state index in [1.165, 1.54) is 12.8 Å². The lowest BCUT2D eigenvalue weighted by Gasteiger charge is -2.39. The first-order valence-corrected chi connectivity index (χ1v) is 7.08. The Labute approximate surface area is 114 Å². The summed E-state index contributed by atoms with van der Waals surface area (Å²) in [7, 11) is 0. The predicted octanol–water partition coefficient (Wildman–Crippen LogP) is 3.31. The van der Waals surface area contributed by atoms with Crippen LogP contribution in [-0.2, 0) is 0 Å². The third-order valence-corrected chi connectivity index (χ3v) is 4.43. The van der Waals surface area contributed by atoms with Crippen molar-refractivity contribution in [2.45, 2.75) is 38.3 Å². The van der Waals surface area contributed by atoms with Crippen molar-refractivity contribution in [3.05, 3.63) is 36.1 Å². The molecule has 1 unspecified atom stereocenters. The van der Waals surface area contributed by atoms with Crippen LogP contribution in [0.15, 0.2) is 34.7 Å². The number of nitrogens with two attached hydrogens (primary N) is 1. The summed E-state index contributed by atoms with van der Waals surface area (Å²) < 4.78 is 5.92. The third kappa shape index (κ3) is 2.17. The van der Waals surface area contributed by atoms with E-state index in [0.29, 0.717) is 0 Å². The number of rotatable bonds is 3. The van der Waals surface area contributed by atoms with E-state index < -0.39 is 0 Å². The van der Waals surface area contributed by atoms with E-state index in [0.717, 1.165) is 29.8 Å². The second kappa shape index (κ2) is 4.66. The second-order valence-corrected chi connectivity index (χ2v) is 6.01. The van der Waals surface area contributed by atoms with Crippen molar-refractivity contribution in [3.8, 4) is 0 Å². The van der Waals surface area contributed by atoms with Gasteiger partial charge < -0.3 is 10.2 Å². The standard InChI is InChI=1S/C16H22N2O/c1-16(2,18-9-5-6-10-18)15(17)14-11-12-7-3-4-8-13(12)19-14/h3-4,7-8,11,15H,5-6,9-10,17H2,1-2H3. The maximum Gasteiger partial charge on any atom is 0.134 e. The van der Waals surface area contributed by atoms with Crippen LogP contribution in [0.1, 0.15) is 38.5 Å². The topological polar surface area (TPSA) is 42.4 Å². The average Bonchev–Trinajstić information content (AvgIpc) is 3.06. The first-order chi connectivity index (χ1) is 9.09. The number of para-hydroxylation sites is 1. The Morgan fingerprint density at radius 3 is 2.58 bits per heavy atom. The van der Waals surface area contributed by atoms with E-state index in [1.807, 2.05) is 18.2 Å². The highest BCUT2D eigenvalue weighted by atomic mass is 16.3. The van der Waals surface area contributed by atoms with Crippen LogP contribution in [0.5, 0.6) is 0 Å². The number of hydrogen-bond donors (Lipinski definition) is 1. The van der Waals surface area contributed by atoms with E-state index in [9.17, 15) is 0 Å². The largest absolute Gasteiger partial charge is 0.459 e. The molecule has 102 valence electrons. The van der Waals surface area contributed by atoms with Crippen LogP contribution in [-0.4, -0.2) is 23.5 Å². The van der Waals surface area contributed by atoms with Gasteiger partial charge >= 0.3 is 0 Å². The Kier molecular flexibility index (Phi) is 3.11. The fourth-order valence-electron chi connectivity index (χ4n) is 2.99. The lowest BCUT2D eigenvalue weighted by atomic mass is 9.91. The van der Waals surface area contributed by atoms with Crippen LogP contribution >= 0.6 is 0 Å². The highest BCUT2D eigenvalue weighted by Crippen LogP contribution is 2.34. The van der Waals surface area contributed by atoms with Gasteiger partial charge in [-0.3, -0.25) is 4.90 Å². The molecule has 0 saturated carbocycles. The van der Waals surface area contributed by atoms with Gasteiger partial charge in [0.25, 0.3) is 0 Å². The van der Waals surface area contributed by atoms with Gasteiger partial charge in [-0.15, -0.1) is 0 Å². The van der Waals surface area contributed by atoms with E-state index in [-0.39, 0.29) is 11.6 Å². The minimum atomic E-state index is -0.0991. The van der Waals surface area contributed by atoms with Crippen molar-refractivity contribution in [2.75, 3.05) is 13.1 Å². The zero-order chi connectivity index (χ0) is 13.5.